The summed E-state index contributed by atoms with van der Waals surface area (Å²) in [6.07, 6.45) is 5.44. The molecule has 2 aromatic rings. The molecule has 110 valence electrons. The Hall–Kier alpha value is -2.14. The Morgan fingerprint density at radius 1 is 1.24 bits per heavy atom. The average molecular weight is 283 g/mol. The molecule has 5 heteroatoms. The van der Waals surface area contributed by atoms with E-state index in [1.165, 1.54) is 0 Å². The van der Waals surface area contributed by atoms with E-state index in [1.807, 2.05) is 12.3 Å². The summed E-state index contributed by atoms with van der Waals surface area (Å²) < 4.78 is 0. The molecule has 0 amide bonds. The molecule has 1 unspecified atom stereocenters. The van der Waals surface area contributed by atoms with Crippen LogP contribution in [-0.4, -0.2) is 16.6 Å². The van der Waals surface area contributed by atoms with E-state index >= 15 is 0 Å². The highest BCUT2D eigenvalue weighted by atomic mass is 15.1. The zero-order valence-corrected chi connectivity index (χ0v) is 12.6. The van der Waals surface area contributed by atoms with E-state index in [-0.39, 0.29) is 11.5 Å². The number of nitrogens with zero attached hydrogens (tertiary/aromatic N) is 2. The lowest BCUT2D eigenvalue weighted by atomic mass is 9.88. The zero-order chi connectivity index (χ0) is 15.0. The largest absolute Gasteiger partial charge is 0.397 e. The molecule has 5 nitrogen and oxygen atoms in total. The standard InChI is InChI=1S/C16H21N5/c1-16(2,3)14-6-10(12(17)8-19-14)15-11-7-18-5-4-13(11)20-9-21-15/h4-8,15,20-21H,9,17H2,1-3H3. The zero-order valence-electron chi connectivity index (χ0n) is 12.6. The highest BCUT2D eigenvalue weighted by molar-refractivity contribution is 5.59. The summed E-state index contributed by atoms with van der Waals surface area (Å²) in [4.78, 5) is 8.72. The van der Waals surface area contributed by atoms with Gasteiger partial charge >= 0.3 is 0 Å². The summed E-state index contributed by atoms with van der Waals surface area (Å²) in [5.74, 6) is 0. The van der Waals surface area contributed by atoms with Crippen LogP contribution < -0.4 is 16.4 Å². The number of anilines is 2. The van der Waals surface area contributed by atoms with E-state index in [2.05, 4.69) is 47.4 Å². The second-order valence-electron chi connectivity index (χ2n) is 6.40. The summed E-state index contributed by atoms with van der Waals surface area (Å²) in [6.45, 7) is 7.16. The SMILES string of the molecule is CC(C)(C)c1cc(C2NCNc3ccncc32)c(N)cn1. The number of pyridine rings is 2. The van der Waals surface area contributed by atoms with Gasteiger partial charge in [0.15, 0.2) is 0 Å². The molecule has 1 aliphatic heterocycles. The fraction of sp³-hybridized carbons (Fsp3) is 0.375. The van der Waals surface area contributed by atoms with Crippen LogP contribution >= 0.6 is 0 Å². The molecule has 3 rings (SSSR count). The van der Waals surface area contributed by atoms with Gasteiger partial charge in [-0.3, -0.25) is 15.3 Å². The average Bonchev–Trinajstić information content (AvgIpc) is 2.46. The first-order chi connectivity index (χ1) is 9.97. The van der Waals surface area contributed by atoms with Crippen LogP contribution in [0, 0.1) is 0 Å². The number of aromatic nitrogens is 2. The van der Waals surface area contributed by atoms with Crippen molar-refractivity contribution in [2.24, 2.45) is 0 Å². The van der Waals surface area contributed by atoms with Crippen molar-refractivity contribution in [3.63, 3.8) is 0 Å². The molecule has 0 bridgehead atoms. The fourth-order valence-corrected chi connectivity index (χ4v) is 2.58. The highest BCUT2D eigenvalue weighted by Crippen LogP contribution is 2.34. The van der Waals surface area contributed by atoms with E-state index in [0.29, 0.717) is 12.4 Å². The lowest BCUT2D eigenvalue weighted by Crippen LogP contribution is -2.34. The van der Waals surface area contributed by atoms with Gasteiger partial charge in [-0.05, 0) is 12.1 Å². The van der Waals surface area contributed by atoms with Crippen LogP contribution in [0.5, 0.6) is 0 Å². The first-order valence-corrected chi connectivity index (χ1v) is 7.14. The summed E-state index contributed by atoms with van der Waals surface area (Å²) in [5.41, 5.74) is 11.2. The van der Waals surface area contributed by atoms with Crippen LogP contribution in [0.4, 0.5) is 11.4 Å². The molecule has 0 saturated carbocycles. The summed E-state index contributed by atoms with van der Waals surface area (Å²) >= 11 is 0. The Morgan fingerprint density at radius 3 is 2.81 bits per heavy atom. The van der Waals surface area contributed by atoms with Gasteiger partial charge in [-0.1, -0.05) is 20.8 Å². The minimum Gasteiger partial charge on any atom is -0.397 e. The number of nitrogen functional groups attached to an aromatic ring is 1. The third kappa shape index (κ3) is 2.56. The molecule has 1 aliphatic rings. The van der Waals surface area contributed by atoms with Gasteiger partial charge in [0.05, 0.1) is 24.6 Å². The Bertz CT molecular complexity index is 660. The molecule has 2 aromatic heterocycles. The molecule has 0 fully saturated rings. The molecule has 21 heavy (non-hydrogen) atoms. The van der Waals surface area contributed by atoms with Crippen molar-refractivity contribution in [3.05, 3.63) is 47.5 Å². The lowest BCUT2D eigenvalue weighted by Gasteiger charge is -2.29. The fourth-order valence-electron chi connectivity index (χ4n) is 2.58. The molecular weight excluding hydrogens is 262 g/mol. The first kappa shape index (κ1) is 13.8. The summed E-state index contributed by atoms with van der Waals surface area (Å²) in [7, 11) is 0. The third-order valence-electron chi connectivity index (χ3n) is 3.80. The van der Waals surface area contributed by atoms with Gasteiger partial charge < -0.3 is 11.1 Å². The van der Waals surface area contributed by atoms with Crippen molar-refractivity contribution < 1.29 is 0 Å². The van der Waals surface area contributed by atoms with Gasteiger partial charge in [-0.2, -0.15) is 0 Å². The Labute approximate surface area is 125 Å². The van der Waals surface area contributed by atoms with Crippen LogP contribution in [0.25, 0.3) is 0 Å². The Kier molecular flexibility index (Phi) is 3.29. The molecule has 0 saturated heterocycles. The normalized spacial score (nSPS) is 18.0. The van der Waals surface area contributed by atoms with Crippen LogP contribution in [0.2, 0.25) is 0 Å². The van der Waals surface area contributed by atoms with E-state index in [0.717, 1.165) is 22.5 Å². The molecule has 1 atom stereocenters. The molecule has 4 N–H and O–H groups in total. The van der Waals surface area contributed by atoms with Crippen molar-refractivity contribution in [1.29, 1.82) is 0 Å². The monoisotopic (exact) mass is 283 g/mol. The predicted octanol–water partition coefficient (Wildman–Crippen LogP) is 2.42. The van der Waals surface area contributed by atoms with E-state index in [1.54, 1.807) is 12.4 Å². The molecule has 0 radical (unpaired) electrons. The smallest absolute Gasteiger partial charge is 0.0660 e. The van der Waals surface area contributed by atoms with Crippen LogP contribution in [0.3, 0.4) is 0 Å². The van der Waals surface area contributed by atoms with Gasteiger partial charge in [0.1, 0.15) is 0 Å². The Balaban J connectivity index is 2.09. The number of hydrogen-bond donors (Lipinski definition) is 3. The second kappa shape index (κ2) is 5.00. The minimum absolute atomic E-state index is 0.00681. The third-order valence-corrected chi connectivity index (χ3v) is 3.80. The van der Waals surface area contributed by atoms with Crippen LogP contribution in [-0.2, 0) is 5.41 Å². The number of rotatable bonds is 1. The molecule has 0 spiro atoms. The van der Waals surface area contributed by atoms with Crippen molar-refractivity contribution in [2.45, 2.75) is 32.2 Å². The first-order valence-electron chi connectivity index (χ1n) is 7.14. The van der Waals surface area contributed by atoms with Crippen molar-refractivity contribution in [2.75, 3.05) is 17.7 Å². The van der Waals surface area contributed by atoms with Gasteiger partial charge in [-0.15, -0.1) is 0 Å². The summed E-state index contributed by atoms with van der Waals surface area (Å²) in [5, 5.41) is 6.77. The predicted molar refractivity (Wildman–Crippen MR) is 85.1 cm³/mol. The van der Waals surface area contributed by atoms with Gasteiger partial charge in [0, 0.05) is 40.3 Å². The van der Waals surface area contributed by atoms with E-state index in [4.69, 9.17) is 5.73 Å². The summed E-state index contributed by atoms with van der Waals surface area (Å²) in [6, 6.07) is 4.14. The van der Waals surface area contributed by atoms with Crippen LogP contribution in [0.1, 0.15) is 43.6 Å². The topological polar surface area (TPSA) is 75.9 Å². The molecule has 0 aromatic carbocycles. The number of hydrogen-bond acceptors (Lipinski definition) is 5. The minimum atomic E-state index is -0.00681. The van der Waals surface area contributed by atoms with E-state index in [9.17, 15) is 0 Å². The highest BCUT2D eigenvalue weighted by Gasteiger charge is 2.25. The van der Waals surface area contributed by atoms with Gasteiger partial charge in [-0.25, -0.2) is 0 Å². The number of nitrogens with one attached hydrogen (secondary N) is 2. The number of fused-ring (bicyclic) bond motifs is 1. The second-order valence-corrected chi connectivity index (χ2v) is 6.40. The van der Waals surface area contributed by atoms with Crippen molar-refractivity contribution in [1.82, 2.24) is 15.3 Å². The maximum Gasteiger partial charge on any atom is 0.0660 e. The van der Waals surface area contributed by atoms with Gasteiger partial charge in [0.2, 0.25) is 0 Å². The maximum atomic E-state index is 6.18. The quantitative estimate of drug-likeness (QED) is 0.749. The van der Waals surface area contributed by atoms with Gasteiger partial charge in [0.25, 0.3) is 0 Å². The molecule has 0 aliphatic carbocycles. The van der Waals surface area contributed by atoms with Crippen LogP contribution in [0.15, 0.2) is 30.7 Å². The van der Waals surface area contributed by atoms with E-state index < -0.39 is 0 Å². The number of nitrogens with two attached hydrogens (primary N) is 1. The maximum absolute atomic E-state index is 6.18. The lowest BCUT2D eigenvalue weighted by molar-refractivity contribution is 0.562. The van der Waals surface area contributed by atoms with Crippen molar-refractivity contribution >= 4 is 11.4 Å². The molecule has 3 heterocycles. The Morgan fingerprint density at radius 2 is 2.05 bits per heavy atom. The molecular formula is C16H21N5. The van der Waals surface area contributed by atoms with Crippen molar-refractivity contribution in [3.8, 4) is 0 Å².